The molecule has 0 bridgehead atoms. The molecular weight excluding hydrogens is 1090 g/mol. The maximum absolute atomic E-state index is 10.9. The summed E-state index contributed by atoms with van der Waals surface area (Å²) in [6, 6.07) is 6.63. The molecule has 0 saturated heterocycles. The number of rotatable bonds is 23. The first-order valence-corrected chi connectivity index (χ1v) is 30.5. The summed E-state index contributed by atoms with van der Waals surface area (Å²) in [7, 11) is 2.91. The molecule has 76 heavy (non-hydrogen) atoms. The number of carbonyl (C=O) groups excluding carboxylic acids is 3. The average Bonchev–Trinajstić information content (AvgIpc) is 3.72. The maximum atomic E-state index is 10.9. The molecule has 14 nitrogen and oxygen atoms in total. The van der Waals surface area contributed by atoms with Gasteiger partial charge in [0, 0.05) is 55.3 Å². The number of hydrogen-bond donors (Lipinski definition) is 8. The molecule has 1 aliphatic heterocycles. The number of benzene rings is 1. The Labute approximate surface area is 531 Å². The van der Waals surface area contributed by atoms with Crippen LogP contribution in [0.5, 0.6) is 0 Å². The Kier molecular flexibility index (Phi) is 98.6. The van der Waals surface area contributed by atoms with Crippen LogP contribution >= 0.6 is 47.6 Å². The summed E-state index contributed by atoms with van der Waals surface area (Å²) in [4.78, 5) is 32.3. The monoisotopic (exact) mass is 1200 g/mol. The first kappa shape index (κ1) is 97.8. The Bertz CT molecular complexity index is 1450. The number of carbonyl (C=O) groups is 3. The molecule has 12 N–H and O–H groups in total. The van der Waals surface area contributed by atoms with Crippen molar-refractivity contribution in [3.05, 3.63) is 89.3 Å². The summed E-state index contributed by atoms with van der Waals surface area (Å²) < 4.78 is 25.7. The number of amides is 2. The van der Waals surface area contributed by atoms with Gasteiger partial charge in [-0.2, -0.15) is 21.0 Å². The number of allylic oxidation sites excluding steroid dienone is 3. The van der Waals surface area contributed by atoms with E-state index in [2.05, 4.69) is 123 Å². The van der Waals surface area contributed by atoms with Gasteiger partial charge in [0.15, 0.2) is 5.12 Å². The minimum Gasteiger partial charge on any atom is -0.587 e. The number of hydrazine groups is 1. The van der Waals surface area contributed by atoms with E-state index < -0.39 is 21.9 Å². The second-order valence-corrected chi connectivity index (χ2v) is 19.9. The zero-order valence-electron chi connectivity index (χ0n) is 50.4. The first-order chi connectivity index (χ1) is 35.3. The summed E-state index contributed by atoms with van der Waals surface area (Å²) in [5, 5.41) is 12.0. The van der Waals surface area contributed by atoms with E-state index in [1.165, 1.54) is 42.6 Å². The number of thioether (sulfide) groups is 1. The minimum atomic E-state index is -3.24. The van der Waals surface area contributed by atoms with Crippen LogP contribution in [0.3, 0.4) is 0 Å². The zero-order chi connectivity index (χ0) is 60.8. The number of aliphatic hydroxyl groups excluding tert-OH is 1. The molecule has 444 valence electrons. The number of halogens is 2. The van der Waals surface area contributed by atoms with Crippen LogP contribution in [0.15, 0.2) is 72.9 Å². The summed E-state index contributed by atoms with van der Waals surface area (Å²) in [5.74, 6) is 8.54. The molecule has 1 aliphatic rings. The largest absolute Gasteiger partial charge is 1.00 e. The number of aliphatic hydroxyl groups is 1. The molecule has 0 aromatic heterocycles. The summed E-state index contributed by atoms with van der Waals surface area (Å²) in [5.41, 5.74) is 28.3. The Hall–Kier alpha value is -0.399. The van der Waals surface area contributed by atoms with Gasteiger partial charge in [0.05, 0.1) is 32.5 Å². The smallest absolute Gasteiger partial charge is 0.587 e. The van der Waals surface area contributed by atoms with Crippen molar-refractivity contribution in [2.45, 2.75) is 147 Å². The van der Waals surface area contributed by atoms with Gasteiger partial charge >= 0.3 is 51.4 Å². The maximum Gasteiger partial charge on any atom is 1.00 e. The Morgan fingerprint density at radius 1 is 0.711 bits per heavy atom. The molecule has 1 heterocycles. The predicted molar refractivity (Wildman–Crippen MR) is 339 cm³/mol. The van der Waals surface area contributed by atoms with E-state index in [0.717, 1.165) is 86.2 Å². The number of alkyl halides is 2. The molecule has 0 fully saturated rings. The van der Waals surface area contributed by atoms with E-state index in [1.54, 1.807) is 38.2 Å². The molecule has 0 spiro atoms. The van der Waals surface area contributed by atoms with Crippen LogP contribution in [0.2, 0.25) is 6.82 Å². The third-order valence-electron chi connectivity index (χ3n) is 10.2. The number of nitrogens with one attached hydrogen (secondary N) is 1. The van der Waals surface area contributed by atoms with Gasteiger partial charge in [0.25, 0.3) is 10.1 Å². The van der Waals surface area contributed by atoms with Crippen molar-refractivity contribution in [1.29, 1.82) is 0 Å². The van der Waals surface area contributed by atoms with Crippen LogP contribution in [-0.2, 0) is 19.1 Å². The van der Waals surface area contributed by atoms with E-state index in [0.29, 0.717) is 80.0 Å². The third kappa shape index (κ3) is 80.1. The standard InChI is InChI=1S/C8H5NO2.C8H16OS.C7H16O3S.C6H14O.2C6H12.C4H6Cl2.C4H12N2S.C4H10N2.CH3B.CH6N2.K/c10-7-5-3-1-2-4-6(5)8(11)9-7;1-4-8(5-2)6-10-7(3)9;1-4-7(5-2)6-10-11(3,8)9;1-3-6(4-2)5-7;2*1-4-6(3)5-2;1-4(2-5)3-6;5-1-4(2-6)3-7;1-4(2-5)3-6;1-2;1-3-2;/h1-4H,(H,9,10,11);8H,4-6H2,1-3H3;7H,4-6H2,1-3H3;6-7H,3-5H2,1-2H3;2*3-5H2,1-2H3;1-3H2;4,7H,1-3,5-6H2;1-3,5-6H2;1H3;3H,2H2,1H3;/q;;;;;;;;;;;+1/p-1. The SMILES string of the molecule is C=C(CC)CC.C=C(CC)CC.C=C(CCl)CCl.C=C(CN)CN.CCC(CC)CO.CCC(CC)COS(C)(=O)=O.CCC(CC)CSC(C)=O.CNN.NCC(CN)CS.O=C1[N-]C(=O)c2ccccc21.[B]C.[K+]. The molecule has 2 rings (SSSR count). The molecule has 0 atom stereocenters. The van der Waals surface area contributed by atoms with Crippen molar-refractivity contribution in [3.63, 3.8) is 0 Å². The number of thiol groups is 1. The van der Waals surface area contributed by atoms with Gasteiger partial charge in [0.2, 0.25) is 0 Å². The van der Waals surface area contributed by atoms with Crippen molar-refractivity contribution in [2.75, 3.05) is 76.0 Å². The van der Waals surface area contributed by atoms with Gasteiger partial charge in [-0.05, 0) is 80.8 Å². The van der Waals surface area contributed by atoms with E-state index in [1.807, 2.05) is 13.8 Å². The Balaban J connectivity index is -0.0000000805. The molecule has 1 aromatic carbocycles. The van der Waals surface area contributed by atoms with Crippen molar-refractivity contribution >= 4 is 82.5 Å². The van der Waals surface area contributed by atoms with Crippen LogP contribution in [0, 0.1) is 23.7 Å². The van der Waals surface area contributed by atoms with E-state index in [-0.39, 0.29) is 56.5 Å². The van der Waals surface area contributed by atoms with Crippen LogP contribution in [0.1, 0.15) is 161 Å². The molecule has 1 aromatic rings. The zero-order valence-corrected chi connectivity index (χ0v) is 57.6. The molecule has 0 saturated carbocycles. The van der Waals surface area contributed by atoms with E-state index in [4.69, 9.17) is 51.2 Å². The quantitative estimate of drug-likeness (QED) is 0.00744. The summed E-state index contributed by atoms with van der Waals surface area (Å²) >= 11 is 16.0. The normalized spacial score (nSPS) is 10.1. The Morgan fingerprint density at radius 2 is 1.04 bits per heavy atom. The van der Waals surface area contributed by atoms with Gasteiger partial charge in [0.1, 0.15) is 0 Å². The first-order valence-electron chi connectivity index (χ1n) is 26.0. The van der Waals surface area contributed by atoms with Gasteiger partial charge in [-0.1, -0.05) is 194 Å². The van der Waals surface area contributed by atoms with Crippen molar-refractivity contribution in [1.82, 2.24) is 5.43 Å². The third-order valence-corrected chi connectivity index (χ3v) is 13.1. The van der Waals surface area contributed by atoms with Crippen LogP contribution in [-0.4, -0.2) is 114 Å². The summed E-state index contributed by atoms with van der Waals surface area (Å²) in [6.45, 7) is 41.9. The molecule has 21 heteroatoms. The van der Waals surface area contributed by atoms with E-state index in [9.17, 15) is 22.8 Å². The molecule has 2 amide bonds. The topological polar surface area (TPSA) is 271 Å². The number of imide groups is 1. The Morgan fingerprint density at radius 3 is 1.18 bits per heavy atom. The van der Waals surface area contributed by atoms with Crippen LogP contribution < -0.4 is 85.6 Å². The fraction of sp³-hybridized carbons (Fsp3) is 0.691. The molecule has 0 unspecified atom stereocenters. The van der Waals surface area contributed by atoms with Crippen molar-refractivity contribution in [3.8, 4) is 0 Å². The fourth-order valence-electron chi connectivity index (χ4n) is 3.98. The van der Waals surface area contributed by atoms with Gasteiger partial charge < -0.3 is 42.9 Å². The predicted octanol–water partition coefficient (Wildman–Crippen LogP) is 8.81. The summed E-state index contributed by atoms with van der Waals surface area (Å²) in [6.07, 6.45) is 12.1. The molecular formula is C55H111BCl2KN7O7S3. The second-order valence-electron chi connectivity index (χ2n) is 16.2. The van der Waals surface area contributed by atoms with Gasteiger partial charge in [-0.25, -0.2) is 0 Å². The van der Waals surface area contributed by atoms with E-state index >= 15 is 0 Å². The van der Waals surface area contributed by atoms with Crippen molar-refractivity contribution in [2.24, 2.45) is 52.4 Å². The number of nitrogens with two attached hydrogens (primary N) is 5. The number of hydrogen-bond acceptors (Lipinski definition) is 15. The molecule has 2 radical (unpaired) electrons. The van der Waals surface area contributed by atoms with Gasteiger partial charge in [-0.15, -0.1) is 23.2 Å². The van der Waals surface area contributed by atoms with Crippen LogP contribution in [0.4, 0.5) is 0 Å². The molecule has 0 aliphatic carbocycles. The van der Waals surface area contributed by atoms with Gasteiger partial charge in [-0.3, -0.25) is 20.2 Å². The second kappa shape index (κ2) is 76.7. The fourth-order valence-corrected chi connectivity index (χ4v) is 5.95. The average molecular weight is 1200 g/mol. The van der Waals surface area contributed by atoms with Crippen LogP contribution in [0.25, 0.3) is 5.32 Å². The number of nitrogens with zero attached hydrogens (tertiary/aromatic N) is 1. The minimum absolute atomic E-state index is 0. The van der Waals surface area contributed by atoms with Crippen molar-refractivity contribution < 1.29 is 83.5 Å². The number of fused-ring (bicyclic) bond motifs is 1.